The Kier molecular flexibility index (Phi) is 2.46. The highest BCUT2D eigenvalue weighted by atomic mass is 15.0. The van der Waals surface area contributed by atoms with Gasteiger partial charge in [-0.2, -0.15) is 0 Å². The van der Waals surface area contributed by atoms with Crippen LogP contribution in [0, 0.1) is 7.05 Å². The molecule has 0 aromatic heterocycles. The maximum Gasteiger partial charge on any atom is 0.0231 e. The van der Waals surface area contributed by atoms with Crippen molar-refractivity contribution in [2.24, 2.45) is 0 Å². The number of hydrogen-bond acceptors (Lipinski definition) is 1. The number of benzene rings is 1. The van der Waals surface area contributed by atoms with Gasteiger partial charge in [0.15, 0.2) is 0 Å². The fraction of sp³-hybridized carbons (Fsp3) is 0.222. The molecule has 1 radical (unpaired) electrons. The van der Waals surface area contributed by atoms with Crippen molar-refractivity contribution in [2.75, 3.05) is 7.05 Å². The van der Waals surface area contributed by atoms with Gasteiger partial charge >= 0.3 is 0 Å². The zero-order valence-electron chi connectivity index (χ0n) is 6.25. The molecule has 0 aliphatic heterocycles. The lowest BCUT2D eigenvalue weighted by Gasteiger charge is -2.07. The van der Waals surface area contributed by atoms with Crippen LogP contribution in [0.3, 0.4) is 0 Å². The van der Waals surface area contributed by atoms with Gasteiger partial charge in [0.2, 0.25) is 0 Å². The lowest BCUT2D eigenvalue weighted by atomic mass is 10.2. The first-order valence-electron chi connectivity index (χ1n) is 3.34. The number of rotatable bonds is 2. The first-order chi connectivity index (χ1) is 4.79. The summed E-state index contributed by atoms with van der Waals surface area (Å²) >= 11 is 0. The van der Waals surface area contributed by atoms with Crippen LogP contribution in [0.2, 0.25) is 0 Å². The first-order valence-corrected chi connectivity index (χ1v) is 3.34. The summed E-state index contributed by atoms with van der Waals surface area (Å²) in [5.41, 5.74) is 1.31. The number of hydrogen-bond donors (Lipinski definition) is 0. The summed E-state index contributed by atoms with van der Waals surface area (Å²) in [7, 11) is 5.73. The van der Waals surface area contributed by atoms with E-state index in [0.717, 1.165) is 6.54 Å². The van der Waals surface area contributed by atoms with Crippen molar-refractivity contribution < 1.29 is 0 Å². The minimum Gasteiger partial charge on any atom is -0.301 e. The summed E-state index contributed by atoms with van der Waals surface area (Å²) in [4.78, 5) is 1.91. The maximum absolute atomic E-state index is 3.77. The van der Waals surface area contributed by atoms with Crippen LogP contribution in [0.15, 0.2) is 30.3 Å². The second-order valence-corrected chi connectivity index (χ2v) is 2.50. The molecule has 0 aliphatic carbocycles. The SMILES string of the molecule is [CH2]N(C)Cc1ccccc1. The molecule has 53 valence electrons. The summed E-state index contributed by atoms with van der Waals surface area (Å²) in [6.07, 6.45) is 0. The van der Waals surface area contributed by atoms with Crippen LogP contribution < -0.4 is 0 Å². The van der Waals surface area contributed by atoms with Crippen molar-refractivity contribution in [3.8, 4) is 0 Å². The standard InChI is InChI=1S/C9H12N/c1-10(2)8-9-6-4-3-5-7-9/h3-7H,1,8H2,2H3. The molecule has 0 unspecified atom stereocenters. The van der Waals surface area contributed by atoms with E-state index in [-0.39, 0.29) is 0 Å². The Hall–Kier alpha value is -0.820. The van der Waals surface area contributed by atoms with Crippen LogP contribution in [-0.2, 0) is 6.54 Å². The molecule has 0 fully saturated rings. The Morgan fingerprint density at radius 3 is 2.40 bits per heavy atom. The van der Waals surface area contributed by atoms with Crippen LogP contribution in [0.5, 0.6) is 0 Å². The fourth-order valence-corrected chi connectivity index (χ4v) is 0.895. The Morgan fingerprint density at radius 1 is 1.30 bits per heavy atom. The van der Waals surface area contributed by atoms with E-state index in [0.29, 0.717) is 0 Å². The van der Waals surface area contributed by atoms with Gasteiger partial charge in [-0.25, -0.2) is 0 Å². The molecular weight excluding hydrogens is 122 g/mol. The molecule has 0 amide bonds. The minimum atomic E-state index is 0.918. The highest BCUT2D eigenvalue weighted by Crippen LogP contribution is 2.00. The third-order valence-electron chi connectivity index (χ3n) is 1.30. The Balaban J connectivity index is 2.59. The summed E-state index contributed by atoms with van der Waals surface area (Å²) in [5, 5.41) is 0. The van der Waals surface area contributed by atoms with Crippen molar-refractivity contribution in [1.82, 2.24) is 4.90 Å². The smallest absolute Gasteiger partial charge is 0.0231 e. The van der Waals surface area contributed by atoms with Crippen LogP contribution in [0.25, 0.3) is 0 Å². The van der Waals surface area contributed by atoms with Gasteiger partial charge in [-0.15, -0.1) is 0 Å². The van der Waals surface area contributed by atoms with E-state index in [1.807, 2.05) is 30.1 Å². The molecule has 1 rings (SSSR count). The van der Waals surface area contributed by atoms with Crippen molar-refractivity contribution in [2.45, 2.75) is 6.54 Å². The second kappa shape index (κ2) is 3.37. The lowest BCUT2D eigenvalue weighted by Crippen LogP contribution is -2.07. The minimum absolute atomic E-state index is 0.918. The largest absolute Gasteiger partial charge is 0.301 e. The maximum atomic E-state index is 3.77. The van der Waals surface area contributed by atoms with Gasteiger partial charge in [-0.1, -0.05) is 30.3 Å². The molecular formula is C9H12N. The molecule has 0 atom stereocenters. The van der Waals surface area contributed by atoms with Gasteiger partial charge in [0, 0.05) is 13.6 Å². The van der Waals surface area contributed by atoms with E-state index in [2.05, 4.69) is 19.2 Å². The molecule has 1 heteroatoms. The van der Waals surface area contributed by atoms with Crippen molar-refractivity contribution >= 4 is 0 Å². The van der Waals surface area contributed by atoms with E-state index < -0.39 is 0 Å². The Labute approximate surface area is 62.3 Å². The van der Waals surface area contributed by atoms with Gasteiger partial charge in [-0.05, 0) is 12.6 Å². The second-order valence-electron chi connectivity index (χ2n) is 2.50. The molecule has 0 aliphatic rings. The molecule has 0 saturated carbocycles. The molecule has 0 heterocycles. The van der Waals surface area contributed by atoms with Crippen LogP contribution in [0.1, 0.15) is 5.56 Å². The first kappa shape index (κ1) is 7.29. The Bertz CT molecular complexity index is 179. The molecule has 1 aromatic carbocycles. The molecule has 0 bridgehead atoms. The third kappa shape index (κ3) is 2.19. The van der Waals surface area contributed by atoms with Crippen LogP contribution >= 0.6 is 0 Å². The average Bonchev–Trinajstić information content (AvgIpc) is 1.88. The third-order valence-corrected chi connectivity index (χ3v) is 1.30. The monoisotopic (exact) mass is 134 g/mol. The normalized spacial score (nSPS) is 10.3. The highest BCUT2D eigenvalue weighted by molar-refractivity contribution is 5.14. The molecule has 1 nitrogen and oxygen atoms in total. The molecule has 10 heavy (non-hydrogen) atoms. The lowest BCUT2D eigenvalue weighted by molar-refractivity contribution is 0.445. The highest BCUT2D eigenvalue weighted by Gasteiger charge is 1.90. The predicted octanol–water partition coefficient (Wildman–Crippen LogP) is 1.91. The van der Waals surface area contributed by atoms with Gasteiger partial charge < -0.3 is 4.90 Å². The van der Waals surface area contributed by atoms with E-state index in [1.165, 1.54) is 5.56 Å². The molecule has 0 spiro atoms. The molecule has 1 aromatic rings. The van der Waals surface area contributed by atoms with Gasteiger partial charge in [0.25, 0.3) is 0 Å². The number of nitrogens with zero attached hydrogens (tertiary/aromatic N) is 1. The fourth-order valence-electron chi connectivity index (χ4n) is 0.895. The average molecular weight is 134 g/mol. The van der Waals surface area contributed by atoms with Gasteiger partial charge in [0.1, 0.15) is 0 Å². The van der Waals surface area contributed by atoms with Crippen LogP contribution in [-0.4, -0.2) is 11.9 Å². The van der Waals surface area contributed by atoms with Crippen LogP contribution in [0.4, 0.5) is 0 Å². The summed E-state index contributed by atoms with van der Waals surface area (Å²) < 4.78 is 0. The summed E-state index contributed by atoms with van der Waals surface area (Å²) in [6, 6.07) is 10.3. The zero-order chi connectivity index (χ0) is 7.40. The summed E-state index contributed by atoms with van der Waals surface area (Å²) in [6.45, 7) is 0.918. The van der Waals surface area contributed by atoms with Crippen molar-refractivity contribution in [3.05, 3.63) is 42.9 Å². The quantitative estimate of drug-likeness (QED) is 0.597. The predicted molar refractivity (Wildman–Crippen MR) is 43.3 cm³/mol. The summed E-state index contributed by atoms with van der Waals surface area (Å²) in [5.74, 6) is 0. The van der Waals surface area contributed by atoms with E-state index in [4.69, 9.17) is 0 Å². The van der Waals surface area contributed by atoms with Gasteiger partial charge in [0.05, 0.1) is 0 Å². The van der Waals surface area contributed by atoms with E-state index in [1.54, 1.807) is 0 Å². The molecule has 0 saturated heterocycles. The zero-order valence-corrected chi connectivity index (χ0v) is 6.25. The van der Waals surface area contributed by atoms with E-state index in [9.17, 15) is 0 Å². The van der Waals surface area contributed by atoms with Crippen molar-refractivity contribution in [1.29, 1.82) is 0 Å². The van der Waals surface area contributed by atoms with Crippen molar-refractivity contribution in [3.63, 3.8) is 0 Å². The van der Waals surface area contributed by atoms with Gasteiger partial charge in [-0.3, -0.25) is 0 Å². The van der Waals surface area contributed by atoms with E-state index >= 15 is 0 Å². The Morgan fingerprint density at radius 2 is 1.90 bits per heavy atom. The topological polar surface area (TPSA) is 3.24 Å². The molecule has 0 N–H and O–H groups in total.